The third-order valence-corrected chi connectivity index (χ3v) is 4.48. The van der Waals surface area contributed by atoms with Crippen molar-refractivity contribution >= 4 is 23.2 Å². The van der Waals surface area contributed by atoms with Gasteiger partial charge in [0.05, 0.1) is 5.69 Å². The summed E-state index contributed by atoms with van der Waals surface area (Å²) in [5.74, 6) is -0.493. The fourth-order valence-electron chi connectivity index (χ4n) is 2.07. The maximum atomic E-state index is 12.3. The topological polar surface area (TPSA) is 108 Å². The third kappa shape index (κ3) is 3.86. The lowest BCUT2D eigenvalue weighted by molar-refractivity contribution is 0.0477. The van der Waals surface area contributed by atoms with E-state index in [1.54, 1.807) is 49.6 Å². The van der Waals surface area contributed by atoms with Crippen LogP contribution in [0.15, 0.2) is 42.7 Å². The summed E-state index contributed by atoms with van der Waals surface area (Å²) < 4.78 is 5.32. The van der Waals surface area contributed by atoms with Crippen molar-refractivity contribution in [2.45, 2.75) is 13.5 Å². The summed E-state index contributed by atoms with van der Waals surface area (Å²) in [6.07, 6.45) is 3.24. The number of esters is 1. The molecule has 8 heteroatoms. The van der Waals surface area contributed by atoms with Crippen molar-refractivity contribution in [1.82, 2.24) is 15.0 Å². The normalized spacial score (nSPS) is 10.4. The number of primary amides is 1. The Balaban J connectivity index is 1.69. The van der Waals surface area contributed by atoms with Crippen LogP contribution in [0.5, 0.6) is 0 Å². The Morgan fingerprint density at radius 2 is 1.84 bits per heavy atom. The highest BCUT2D eigenvalue weighted by atomic mass is 32.1. The highest BCUT2D eigenvalue weighted by Gasteiger charge is 2.18. The van der Waals surface area contributed by atoms with Gasteiger partial charge in [0.1, 0.15) is 11.5 Å². The predicted molar refractivity (Wildman–Crippen MR) is 92.0 cm³/mol. The number of thiazole rings is 1. The van der Waals surface area contributed by atoms with E-state index in [-0.39, 0.29) is 6.61 Å². The van der Waals surface area contributed by atoms with Gasteiger partial charge in [0.2, 0.25) is 5.91 Å². The molecule has 0 bridgehead atoms. The van der Waals surface area contributed by atoms with Gasteiger partial charge >= 0.3 is 5.97 Å². The molecule has 2 N–H and O–H groups in total. The first kappa shape index (κ1) is 16.7. The van der Waals surface area contributed by atoms with Crippen molar-refractivity contribution < 1.29 is 14.3 Å². The zero-order valence-corrected chi connectivity index (χ0v) is 14.1. The van der Waals surface area contributed by atoms with Crippen molar-refractivity contribution in [3.63, 3.8) is 0 Å². The number of carbonyl (C=O) groups excluding carboxylic acids is 2. The number of aromatic nitrogens is 3. The van der Waals surface area contributed by atoms with E-state index in [1.165, 1.54) is 11.3 Å². The minimum atomic E-state index is -0.500. The molecule has 0 unspecified atom stereocenters. The maximum Gasteiger partial charge on any atom is 0.350 e. The van der Waals surface area contributed by atoms with Crippen molar-refractivity contribution in [3.8, 4) is 10.8 Å². The zero-order chi connectivity index (χ0) is 17.8. The summed E-state index contributed by atoms with van der Waals surface area (Å²) >= 11 is 1.19. The predicted octanol–water partition coefficient (Wildman–Crippen LogP) is 2.36. The molecule has 2 aromatic heterocycles. The Bertz CT molecular complexity index is 907. The zero-order valence-electron chi connectivity index (χ0n) is 13.3. The summed E-state index contributed by atoms with van der Waals surface area (Å²) in [4.78, 5) is 36.3. The van der Waals surface area contributed by atoms with Gasteiger partial charge in [-0.3, -0.25) is 4.79 Å². The lowest BCUT2D eigenvalue weighted by atomic mass is 10.1. The summed E-state index contributed by atoms with van der Waals surface area (Å²) in [6, 6.07) is 8.28. The first-order chi connectivity index (χ1) is 12.0. The van der Waals surface area contributed by atoms with Gasteiger partial charge in [-0.05, 0) is 30.7 Å². The fraction of sp³-hybridized carbons (Fsp3) is 0.118. The monoisotopic (exact) mass is 354 g/mol. The van der Waals surface area contributed by atoms with Crippen LogP contribution in [0.1, 0.15) is 31.3 Å². The highest BCUT2D eigenvalue weighted by Crippen LogP contribution is 2.26. The number of aryl methyl sites for hydroxylation is 1. The van der Waals surface area contributed by atoms with Crippen LogP contribution in [0.3, 0.4) is 0 Å². The van der Waals surface area contributed by atoms with Crippen LogP contribution in [0.4, 0.5) is 0 Å². The fourth-order valence-corrected chi connectivity index (χ4v) is 2.98. The average molecular weight is 354 g/mol. The summed E-state index contributed by atoms with van der Waals surface area (Å²) in [7, 11) is 0. The van der Waals surface area contributed by atoms with Crippen LogP contribution in [0.25, 0.3) is 10.8 Å². The van der Waals surface area contributed by atoms with Gasteiger partial charge in [-0.15, -0.1) is 11.3 Å². The SMILES string of the molecule is Cc1nc(-c2ncccn2)sc1C(=O)OCc1ccc(C(N)=O)cc1. The number of nitrogens with two attached hydrogens (primary N) is 1. The molecule has 3 rings (SSSR count). The largest absolute Gasteiger partial charge is 0.457 e. The van der Waals surface area contributed by atoms with E-state index in [0.29, 0.717) is 27.0 Å². The second-order valence-electron chi connectivity index (χ2n) is 5.14. The molecule has 7 nitrogen and oxygen atoms in total. The highest BCUT2D eigenvalue weighted by molar-refractivity contribution is 7.16. The molecule has 3 aromatic rings. The summed E-state index contributed by atoms with van der Waals surface area (Å²) in [5.41, 5.74) is 6.92. The molecule has 126 valence electrons. The molecule has 0 radical (unpaired) electrons. The van der Waals surface area contributed by atoms with E-state index in [0.717, 1.165) is 5.56 Å². The summed E-state index contributed by atoms with van der Waals surface area (Å²) in [5, 5.41) is 0.566. The number of carbonyl (C=O) groups is 2. The van der Waals surface area contributed by atoms with E-state index in [4.69, 9.17) is 10.5 Å². The van der Waals surface area contributed by atoms with Gasteiger partial charge in [0, 0.05) is 18.0 Å². The molecule has 1 aromatic carbocycles. The van der Waals surface area contributed by atoms with Gasteiger partial charge in [0.25, 0.3) is 0 Å². The molecular formula is C17H14N4O3S. The Morgan fingerprint density at radius 1 is 1.16 bits per heavy atom. The number of nitrogens with zero attached hydrogens (tertiary/aromatic N) is 3. The van der Waals surface area contributed by atoms with Crippen molar-refractivity contribution in [2.75, 3.05) is 0 Å². The number of amides is 1. The van der Waals surface area contributed by atoms with Gasteiger partial charge in [0.15, 0.2) is 10.8 Å². The molecule has 0 aliphatic rings. The van der Waals surface area contributed by atoms with Gasteiger partial charge in [-0.25, -0.2) is 19.7 Å². The Kier molecular flexibility index (Phi) is 4.80. The second-order valence-corrected chi connectivity index (χ2v) is 6.14. The molecule has 1 amide bonds. The van der Waals surface area contributed by atoms with E-state index in [1.807, 2.05) is 0 Å². The van der Waals surface area contributed by atoms with E-state index in [2.05, 4.69) is 15.0 Å². The first-order valence-corrected chi connectivity index (χ1v) is 8.17. The number of hydrogen-bond acceptors (Lipinski definition) is 7. The number of benzene rings is 1. The van der Waals surface area contributed by atoms with Gasteiger partial charge in [-0.2, -0.15) is 0 Å². The van der Waals surface area contributed by atoms with Crippen LogP contribution in [-0.2, 0) is 11.3 Å². The Labute approximate surface area is 147 Å². The average Bonchev–Trinajstić information content (AvgIpc) is 3.02. The molecule has 0 atom stereocenters. The molecule has 0 aliphatic carbocycles. The minimum absolute atomic E-state index is 0.0897. The van der Waals surface area contributed by atoms with Gasteiger partial charge < -0.3 is 10.5 Å². The quantitative estimate of drug-likeness (QED) is 0.705. The van der Waals surface area contributed by atoms with Crippen LogP contribution < -0.4 is 5.73 Å². The molecule has 2 heterocycles. The third-order valence-electron chi connectivity index (χ3n) is 3.35. The molecular weight excluding hydrogens is 340 g/mol. The Hall–Kier alpha value is -3.13. The van der Waals surface area contributed by atoms with Crippen molar-refractivity contribution in [1.29, 1.82) is 0 Å². The minimum Gasteiger partial charge on any atom is -0.457 e. The van der Waals surface area contributed by atoms with Crippen LogP contribution in [0, 0.1) is 6.92 Å². The number of hydrogen-bond donors (Lipinski definition) is 1. The van der Waals surface area contributed by atoms with E-state index in [9.17, 15) is 9.59 Å². The molecule has 0 aliphatic heterocycles. The first-order valence-electron chi connectivity index (χ1n) is 7.35. The number of rotatable bonds is 5. The van der Waals surface area contributed by atoms with E-state index >= 15 is 0 Å². The Morgan fingerprint density at radius 3 is 2.48 bits per heavy atom. The lowest BCUT2D eigenvalue weighted by Gasteiger charge is -2.04. The van der Waals surface area contributed by atoms with Crippen LogP contribution in [0.2, 0.25) is 0 Å². The van der Waals surface area contributed by atoms with Crippen LogP contribution in [-0.4, -0.2) is 26.8 Å². The molecule has 0 saturated heterocycles. The molecule has 0 spiro atoms. The van der Waals surface area contributed by atoms with Gasteiger partial charge in [-0.1, -0.05) is 12.1 Å². The number of ether oxygens (including phenoxy) is 1. The maximum absolute atomic E-state index is 12.3. The van der Waals surface area contributed by atoms with E-state index < -0.39 is 11.9 Å². The van der Waals surface area contributed by atoms with Crippen molar-refractivity contribution in [2.24, 2.45) is 5.73 Å². The summed E-state index contributed by atoms with van der Waals surface area (Å²) in [6.45, 7) is 1.83. The lowest BCUT2D eigenvalue weighted by Crippen LogP contribution is -2.10. The standard InChI is InChI=1S/C17H14N4O3S/c1-10-13(25-16(21-10)15-19-7-2-8-20-15)17(23)24-9-11-3-5-12(6-4-11)14(18)22/h2-8H,9H2,1H3,(H2,18,22). The molecule has 0 saturated carbocycles. The smallest absolute Gasteiger partial charge is 0.350 e. The molecule has 25 heavy (non-hydrogen) atoms. The van der Waals surface area contributed by atoms with Crippen molar-refractivity contribution in [3.05, 3.63) is 64.4 Å². The second kappa shape index (κ2) is 7.18. The molecule has 0 fully saturated rings. The van der Waals surface area contributed by atoms with Crippen LogP contribution >= 0.6 is 11.3 Å².